The van der Waals surface area contributed by atoms with E-state index in [2.05, 4.69) is 0 Å². The highest BCUT2D eigenvalue weighted by molar-refractivity contribution is 7.00. The quantitative estimate of drug-likeness (QED) is 0.107. The number of hydrogen-bond acceptors (Lipinski definition) is 0. The third-order valence-electron chi connectivity index (χ3n) is 7.28. The van der Waals surface area contributed by atoms with Gasteiger partial charge in [0.1, 0.15) is 5.82 Å². The molecule has 0 amide bonds. The van der Waals surface area contributed by atoms with Gasteiger partial charge < -0.3 is 0 Å². The topological polar surface area (TPSA) is 0 Å². The van der Waals surface area contributed by atoms with Crippen LogP contribution in [0.3, 0.4) is 0 Å². The number of benzene rings is 6. The molecule has 6 aromatic carbocycles. The van der Waals surface area contributed by atoms with Crippen molar-refractivity contribution in [3.05, 3.63) is 101 Å². The van der Waals surface area contributed by atoms with Gasteiger partial charge in [-0.15, -0.1) is 0 Å². The van der Waals surface area contributed by atoms with Gasteiger partial charge in [-0.3, -0.25) is 0 Å². The fourth-order valence-electron chi connectivity index (χ4n) is 5.86. The van der Waals surface area contributed by atoms with Crippen molar-refractivity contribution in [2.24, 2.45) is 0 Å². The molecule has 37 heavy (non-hydrogen) atoms. The zero-order valence-electron chi connectivity index (χ0n) is 18.3. The Labute approximate surface area is 203 Å². The van der Waals surface area contributed by atoms with Gasteiger partial charge in [-0.25, -0.2) is 35.1 Å². The molecule has 1 aliphatic rings. The zero-order chi connectivity index (χ0) is 25.9. The maximum atomic E-state index is 16.2. The highest BCUT2D eigenvalue weighted by Gasteiger charge is 2.42. The largest absolute Gasteiger partial charge is 0.243 e. The molecule has 7 rings (SSSR count). The SMILES string of the molecule is Fc1c(F)c2c(F)c(F)c3c(F)c4c(c5c(F)c(F)c(c1F)c2c35)B(c1ccccc1)c1ccccc1-4. The predicted octanol–water partition coefficient (Wildman–Crippen LogP) is 6.19. The normalized spacial score (nSPS) is 12.8. The lowest BCUT2D eigenvalue weighted by atomic mass is 9.38. The van der Waals surface area contributed by atoms with E-state index in [1.54, 1.807) is 48.5 Å². The Morgan fingerprint density at radius 3 is 1.49 bits per heavy atom. The van der Waals surface area contributed by atoms with Crippen molar-refractivity contribution < 1.29 is 35.1 Å². The Kier molecular flexibility index (Phi) is 4.31. The van der Waals surface area contributed by atoms with E-state index in [1.165, 1.54) is 6.07 Å². The summed E-state index contributed by atoms with van der Waals surface area (Å²) in [6, 6.07) is 14.8. The monoisotopic (exact) mass is 508 g/mol. The van der Waals surface area contributed by atoms with E-state index in [4.69, 9.17) is 0 Å². The van der Waals surface area contributed by atoms with Gasteiger partial charge in [0.05, 0.1) is 16.2 Å². The second kappa shape index (κ2) is 7.21. The Morgan fingerprint density at radius 2 is 0.865 bits per heavy atom. The molecule has 0 radical (unpaired) electrons. The first-order valence-electron chi connectivity index (χ1n) is 11.1. The molecule has 0 fully saturated rings. The first-order chi connectivity index (χ1) is 17.8. The fourth-order valence-corrected chi connectivity index (χ4v) is 5.86. The van der Waals surface area contributed by atoms with Crippen molar-refractivity contribution in [1.82, 2.24) is 0 Å². The first-order valence-corrected chi connectivity index (χ1v) is 11.1. The first kappa shape index (κ1) is 22.1. The Morgan fingerprint density at radius 1 is 0.405 bits per heavy atom. The average molecular weight is 508 g/mol. The van der Waals surface area contributed by atoms with Crippen LogP contribution in [0.25, 0.3) is 43.4 Å². The molecule has 0 bridgehead atoms. The molecule has 0 saturated heterocycles. The number of hydrogen-bond donors (Lipinski definition) is 0. The lowest BCUT2D eigenvalue weighted by Crippen LogP contribution is -2.49. The van der Waals surface area contributed by atoms with Gasteiger partial charge >= 0.3 is 0 Å². The van der Waals surface area contributed by atoms with E-state index in [0.29, 0.717) is 10.9 Å². The average Bonchev–Trinajstić information content (AvgIpc) is 3.25. The number of rotatable bonds is 1. The lowest BCUT2D eigenvalue weighted by molar-refractivity contribution is 0.448. The van der Waals surface area contributed by atoms with Gasteiger partial charge in [0.2, 0.25) is 6.71 Å². The van der Waals surface area contributed by atoms with Crippen LogP contribution >= 0.6 is 0 Å². The fraction of sp³-hybridized carbons (Fsp3) is 0. The van der Waals surface area contributed by atoms with Crippen LogP contribution in [0.15, 0.2) is 54.6 Å². The van der Waals surface area contributed by atoms with Crippen LogP contribution in [0, 0.1) is 46.5 Å². The highest BCUT2D eigenvalue weighted by Crippen LogP contribution is 2.46. The Hall–Kier alpha value is -4.14. The summed E-state index contributed by atoms with van der Waals surface area (Å²) in [6.45, 7) is -0.875. The minimum atomic E-state index is -2.30. The maximum absolute atomic E-state index is 16.2. The summed E-state index contributed by atoms with van der Waals surface area (Å²) in [5.41, 5.74) is 0.907. The van der Waals surface area contributed by atoms with E-state index in [9.17, 15) is 13.2 Å². The van der Waals surface area contributed by atoms with E-state index in [1.807, 2.05) is 0 Å². The summed E-state index contributed by atoms with van der Waals surface area (Å²) in [5, 5.41) is -6.33. The van der Waals surface area contributed by atoms with Gasteiger partial charge in [0, 0.05) is 21.7 Å². The molecule has 0 spiro atoms. The minimum absolute atomic E-state index is 0.104. The van der Waals surface area contributed by atoms with Crippen molar-refractivity contribution >= 4 is 55.4 Å². The van der Waals surface area contributed by atoms with E-state index >= 15 is 22.0 Å². The van der Waals surface area contributed by atoms with Crippen LogP contribution < -0.4 is 16.4 Å². The van der Waals surface area contributed by atoms with Gasteiger partial charge in [0.25, 0.3) is 0 Å². The molecule has 0 N–H and O–H groups in total. The van der Waals surface area contributed by atoms with Gasteiger partial charge in [-0.05, 0) is 11.0 Å². The predicted molar refractivity (Wildman–Crippen MR) is 126 cm³/mol. The summed E-state index contributed by atoms with van der Waals surface area (Å²) >= 11 is 0. The summed E-state index contributed by atoms with van der Waals surface area (Å²) in [6.07, 6.45) is 0. The molecule has 0 aromatic heterocycles. The Balaban J connectivity index is 1.85. The van der Waals surface area contributed by atoms with E-state index < -0.39 is 85.6 Å². The van der Waals surface area contributed by atoms with Crippen molar-refractivity contribution in [3.63, 3.8) is 0 Å². The van der Waals surface area contributed by atoms with Gasteiger partial charge in [-0.2, -0.15) is 0 Å². The van der Waals surface area contributed by atoms with Crippen molar-refractivity contribution in [2.75, 3.05) is 0 Å². The Bertz CT molecular complexity index is 1940. The second-order valence-corrected chi connectivity index (χ2v) is 8.98. The van der Waals surface area contributed by atoms with Crippen molar-refractivity contribution in [1.29, 1.82) is 0 Å². The summed E-state index contributed by atoms with van der Waals surface area (Å²) < 4.78 is 122. The lowest BCUT2D eigenvalue weighted by Gasteiger charge is -2.21. The molecule has 6 aromatic rings. The summed E-state index contributed by atoms with van der Waals surface area (Å²) in [5.74, 6) is -15.4. The van der Waals surface area contributed by atoms with Gasteiger partial charge in [0.15, 0.2) is 40.7 Å². The molecule has 1 heterocycles. The maximum Gasteiger partial charge on any atom is 0.243 e. The molecule has 9 heteroatoms. The smallest absolute Gasteiger partial charge is 0.206 e. The minimum Gasteiger partial charge on any atom is -0.206 e. The molecule has 180 valence electrons. The third-order valence-corrected chi connectivity index (χ3v) is 7.28. The van der Waals surface area contributed by atoms with Crippen LogP contribution in [0.1, 0.15) is 0 Å². The number of fused-ring (bicyclic) bond motifs is 4. The highest BCUT2D eigenvalue weighted by atomic mass is 19.2. The summed E-state index contributed by atoms with van der Waals surface area (Å²) in [4.78, 5) is 0. The summed E-state index contributed by atoms with van der Waals surface area (Å²) in [7, 11) is 0. The van der Waals surface area contributed by atoms with Crippen molar-refractivity contribution in [3.8, 4) is 11.1 Å². The van der Waals surface area contributed by atoms with Gasteiger partial charge in [-0.1, -0.05) is 65.5 Å². The van der Waals surface area contributed by atoms with Crippen LogP contribution in [0.4, 0.5) is 35.1 Å². The molecule has 0 saturated carbocycles. The van der Waals surface area contributed by atoms with Crippen LogP contribution in [0.2, 0.25) is 0 Å². The van der Waals surface area contributed by atoms with E-state index in [-0.39, 0.29) is 16.6 Å². The molecule has 0 atom stereocenters. The van der Waals surface area contributed by atoms with Crippen molar-refractivity contribution in [2.45, 2.75) is 0 Å². The molecule has 0 unspecified atom stereocenters. The zero-order valence-corrected chi connectivity index (χ0v) is 18.3. The molecule has 0 nitrogen and oxygen atoms in total. The second-order valence-electron chi connectivity index (χ2n) is 8.98. The molecule has 0 aliphatic carbocycles. The van der Waals surface area contributed by atoms with Crippen LogP contribution in [-0.4, -0.2) is 6.71 Å². The van der Waals surface area contributed by atoms with E-state index in [0.717, 1.165) is 0 Å². The molecular formula is C28H9BF8. The molecular weight excluding hydrogens is 499 g/mol. The van der Waals surface area contributed by atoms with Crippen LogP contribution in [0.5, 0.6) is 0 Å². The standard InChI is InChI=1S/C28H9BF8/c30-21-13-11-8-4-5-9-12(11)29(10-6-2-1-3-7-10)20(13)16-14-15-18(24(33)22(16)31)26(35)28(37)27(36)19(15)25(34)23(32)17(14)21/h1-9H. The third kappa shape index (κ3) is 2.49. The molecule has 1 aliphatic heterocycles. The van der Waals surface area contributed by atoms with Crippen LogP contribution in [-0.2, 0) is 0 Å². The number of halogens is 8.